The quantitative estimate of drug-likeness (QED) is 0.723. The Morgan fingerprint density at radius 2 is 1.76 bits per heavy atom. The second-order valence-corrected chi connectivity index (χ2v) is 8.14. The minimum Gasteiger partial charge on any atom is -0.450 e. The molecule has 4 rings (SSSR count). The van der Waals surface area contributed by atoms with Crippen LogP contribution in [0.2, 0.25) is 0 Å². The van der Waals surface area contributed by atoms with E-state index in [4.69, 9.17) is 4.74 Å². The van der Waals surface area contributed by atoms with Crippen LogP contribution in [0.15, 0.2) is 42.5 Å². The van der Waals surface area contributed by atoms with Gasteiger partial charge in [-0.15, -0.1) is 0 Å². The molecule has 2 aromatic rings. The summed E-state index contributed by atoms with van der Waals surface area (Å²) in [6.07, 6.45) is 3.72. The van der Waals surface area contributed by atoms with E-state index in [-0.39, 0.29) is 17.8 Å². The van der Waals surface area contributed by atoms with E-state index in [2.05, 4.69) is 17.0 Å². The smallest absolute Gasteiger partial charge is 0.409 e. The molecular weight excluding hydrogens is 364 g/mol. The first-order chi connectivity index (χ1) is 14.2. The number of likely N-dealkylation sites (tertiary alicyclic amines) is 2. The molecule has 1 amide bonds. The third-order valence-corrected chi connectivity index (χ3v) is 6.39. The van der Waals surface area contributed by atoms with Crippen molar-refractivity contribution in [3.05, 3.63) is 48.0 Å². The molecule has 5 heteroatoms. The molecular formula is C24H30N2O3. The number of amides is 1. The molecule has 0 unspecified atom stereocenters. The van der Waals surface area contributed by atoms with Gasteiger partial charge in [0, 0.05) is 37.2 Å². The van der Waals surface area contributed by atoms with Gasteiger partial charge in [-0.2, -0.15) is 0 Å². The third-order valence-electron chi connectivity index (χ3n) is 6.39. The zero-order chi connectivity index (χ0) is 20.2. The van der Waals surface area contributed by atoms with Gasteiger partial charge >= 0.3 is 6.09 Å². The number of Topliss-reactive ketones (excluding diaryl/α,β-unsaturated/α-hetero) is 1. The van der Waals surface area contributed by atoms with Gasteiger partial charge in [0.25, 0.3) is 0 Å². The number of ketones is 1. The molecule has 2 aliphatic heterocycles. The van der Waals surface area contributed by atoms with Crippen molar-refractivity contribution in [3.63, 3.8) is 0 Å². The van der Waals surface area contributed by atoms with E-state index in [0.29, 0.717) is 12.6 Å². The molecule has 154 valence electrons. The number of ether oxygens (including phenoxy) is 1. The van der Waals surface area contributed by atoms with Gasteiger partial charge < -0.3 is 9.64 Å². The van der Waals surface area contributed by atoms with Crippen LogP contribution in [0, 0.1) is 5.92 Å². The fraction of sp³-hybridized carbons (Fsp3) is 0.500. The Hall–Kier alpha value is -2.40. The highest BCUT2D eigenvalue weighted by Gasteiger charge is 2.33. The van der Waals surface area contributed by atoms with E-state index >= 15 is 0 Å². The normalized spacial score (nSPS) is 21.3. The van der Waals surface area contributed by atoms with E-state index < -0.39 is 0 Å². The van der Waals surface area contributed by atoms with Crippen LogP contribution in [0.4, 0.5) is 4.79 Å². The van der Waals surface area contributed by atoms with Crippen molar-refractivity contribution in [2.75, 3.05) is 32.8 Å². The van der Waals surface area contributed by atoms with E-state index in [1.165, 1.54) is 0 Å². The van der Waals surface area contributed by atoms with Crippen molar-refractivity contribution >= 4 is 22.6 Å². The molecule has 0 N–H and O–H groups in total. The van der Waals surface area contributed by atoms with Crippen LogP contribution >= 0.6 is 0 Å². The number of rotatable bonds is 4. The maximum atomic E-state index is 13.4. The topological polar surface area (TPSA) is 49.9 Å². The van der Waals surface area contributed by atoms with Crippen LogP contribution in [0.1, 0.15) is 43.0 Å². The summed E-state index contributed by atoms with van der Waals surface area (Å²) in [5, 5.41) is 2.18. The predicted octanol–water partition coefficient (Wildman–Crippen LogP) is 4.36. The minimum atomic E-state index is -0.200. The molecule has 0 aromatic heterocycles. The molecule has 0 spiro atoms. The van der Waals surface area contributed by atoms with Crippen LogP contribution in [0.5, 0.6) is 0 Å². The van der Waals surface area contributed by atoms with Crippen molar-refractivity contribution in [2.24, 2.45) is 5.92 Å². The maximum Gasteiger partial charge on any atom is 0.409 e. The Bertz CT molecular complexity index is 868. The Morgan fingerprint density at radius 1 is 1.00 bits per heavy atom. The predicted molar refractivity (Wildman–Crippen MR) is 114 cm³/mol. The van der Waals surface area contributed by atoms with Crippen LogP contribution in [-0.2, 0) is 4.74 Å². The van der Waals surface area contributed by atoms with Crippen molar-refractivity contribution in [3.8, 4) is 0 Å². The maximum absolute atomic E-state index is 13.4. The van der Waals surface area contributed by atoms with Crippen molar-refractivity contribution in [1.29, 1.82) is 0 Å². The largest absolute Gasteiger partial charge is 0.450 e. The number of fused-ring (bicyclic) bond motifs is 1. The fourth-order valence-corrected chi connectivity index (χ4v) is 4.84. The van der Waals surface area contributed by atoms with E-state index in [9.17, 15) is 9.59 Å². The molecule has 2 saturated heterocycles. The van der Waals surface area contributed by atoms with Crippen molar-refractivity contribution < 1.29 is 14.3 Å². The second-order valence-electron chi connectivity index (χ2n) is 8.14. The zero-order valence-corrected chi connectivity index (χ0v) is 17.2. The first-order valence-corrected chi connectivity index (χ1v) is 10.8. The minimum absolute atomic E-state index is 0.0534. The Morgan fingerprint density at radius 3 is 2.55 bits per heavy atom. The molecule has 29 heavy (non-hydrogen) atoms. The number of hydrogen-bond acceptors (Lipinski definition) is 4. The Labute approximate surface area is 172 Å². The molecule has 0 saturated carbocycles. The van der Waals surface area contributed by atoms with Gasteiger partial charge in [0.05, 0.1) is 6.61 Å². The standard InChI is InChI=1S/C24H30N2O3/c1-2-29-24(28)25-15-12-20(13-16-25)26-14-6-9-19(17-26)23(27)22-11-5-8-18-7-3-4-10-21(18)22/h3-5,7-8,10-11,19-20H,2,6,9,12-17H2,1H3/t19-/m1/s1. The number of carbonyl (C=O) groups is 2. The van der Waals surface area contributed by atoms with Gasteiger partial charge in [-0.1, -0.05) is 42.5 Å². The zero-order valence-electron chi connectivity index (χ0n) is 17.2. The van der Waals surface area contributed by atoms with E-state index in [0.717, 1.165) is 68.2 Å². The average molecular weight is 395 g/mol. The third kappa shape index (κ3) is 4.30. The Balaban J connectivity index is 1.41. The van der Waals surface area contributed by atoms with E-state index in [1.807, 2.05) is 42.2 Å². The number of piperidine rings is 2. The summed E-state index contributed by atoms with van der Waals surface area (Å²) in [5.74, 6) is 0.327. The Kier molecular flexibility index (Phi) is 6.14. The molecule has 0 aliphatic carbocycles. The number of benzene rings is 2. The van der Waals surface area contributed by atoms with Gasteiger partial charge in [0.15, 0.2) is 5.78 Å². The summed E-state index contributed by atoms with van der Waals surface area (Å²) >= 11 is 0. The lowest BCUT2D eigenvalue weighted by Crippen LogP contribution is -2.50. The van der Waals surface area contributed by atoms with Crippen LogP contribution < -0.4 is 0 Å². The van der Waals surface area contributed by atoms with Gasteiger partial charge in [-0.05, 0) is 49.9 Å². The molecule has 2 aromatic carbocycles. The van der Waals surface area contributed by atoms with Crippen LogP contribution in [0.25, 0.3) is 10.8 Å². The highest BCUT2D eigenvalue weighted by atomic mass is 16.6. The highest BCUT2D eigenvalue weighted by molar-refractivity contribution is 6.09. The van der Waals surface area contributed by atoms with Crippen LogP contribution in [-0.4, -0.2) is 60.5 Å². The van der Waals surface area contributed by atoms with Gasteiger partial charge in [0.1, 0.15) is 0 Å². The fourth-order valence-electron chi connectivity index (χ4n) is 4.84. The summed E-state index contributed by atoms with van der Waals surface area (Å²) in [6, 6.07) is 14.6. The molecule has 5 nitrogen and oxygen atoms in total. The molecule has 2 aliphatic rings. The highest BCUT2D eigenvalue weighted by Crippen LogP contribution is 2.28. The summed E-state index contributed by atoms with van der Waals surface area (Å²) in [6.45, 7) is 5.60. The van der Waals surface area contributed by atoms with Gasteiger partial charge in [0.2, 0.25) is 0 Å². The monoisotopic (exact) mass is 394 g/mol. The van der Waals surface area contributed by atoms with Crippen molar-refractivity contribution in [1.82, 2.24) is 9.80 Å². The lowest BCUT2D eigenvalue weighted by atomic mass is 9.86. The van der Waals surface area contributed by atoms with Gasteiger partial charge in [-0.25, -0.2) is 4.79 Å². The average Bonchev–Trinajstić information content (AvgIpc) is 2.78. The number of carbonyl (C=O) groups excluding carboxylic acids is 2. The first kappa shape index (κ1) is 19.9. The SMILES string of the molecule is CCOC(=O)N1CCC(N2CCC[C@@H](C(=O)c3cccc4ccccc34)C2)CC1. The number of hydrogen-bond donors (Lipinski definition) is 0. The summed E-state index contributed by atoms with van der Waals surface area (Å²) in [7, 11) is 0. The lowest BCUT2D eigenvalue weighted by Gasteiger charge is -2.41. The van der Waals surface area contributed by atoms with Gasteiger partial charge in [-0.3, -0.25) is 9.69 Å². The van der Waals surface area contributed by atoms with Crippen LogP contribution in [0.3, 0.4) is 0 Å². The molecule has 2 fully saturated rings. The number of nitrogens with zero attached hydrogens (tertiary/aromatic N) is 2. The second kappa shape index (κ2) is 8.95. The summed E-state index contributed by atoms with van der Waals surface area (Å²) in [4.78, 5) is 29.6. The van der Waals surface area contributed by atoms with E-state index in [1.54, 1.807) is 0 Å². The molecule has 0 bridgehead atoms. The molecule has 1 atom stereocenters. The summed E-state index contributed by atoms with van der Waals surface area (Å²) in [5.41, 5.74) is 0.854. The summed E-state index contributed by atoms with van der Waals surface area (Å²) < 4.78 is 5.12. The molecule has 0 radical (unpaired) electrons. The first-order valence-electron chi connectivity index (χ1n) is 10.8. The molecule has 2 heterocycles. The lowest BCUT2D eigenvalue weighted by molar-refractivity contribution is 0.0533. The van der Waals surface area contributed by atoms with Crippen molar-refractivity contribution in [2.45, 2.75) is 38.6 Å².